The smallest absolute Gasteiger partial charge is 0.414 e. The van der Waals surface area contributed by atoms with Gasteiger partial charge in [-0.2, -0.15) is 0 Å². The first-order chi connectivity index (χ1) is 11.2. The number of anilines is 1. The van der Waals surface area contributed by atoms with Crippen molar-refractivity contribution < 1.29 is 19.8 Å². The van der Waals surface area contributed by atoms with E-state index in [-0.39, 0.29) is 4.75 Å². The molecule has 1 aromatic rings. The lowest BCUT2D eigenvalue weighted by atomic mass is 10.1. The van der Waals surface area contributed by atoms with Gasteiger partial charge in [0.1, 0.15) is 5.84 Å². The number of carboxylic acid groups (broad SMARTS) is 2. The number of aliphatic imine (C=N–C) groups is 1. The number of hydrogen-bond donors (Lipinski definition) is 3. The zero-order chi connectivity index (χ0) is 17.9. The summed E-state index contributed by atoms with van der Waals surface area (Å²) >= 11 is 7.94. The molecule has 2 aliphatic heterocycles. The summed E-state index contributed by atoms with van der Waals surface area (Å²) in [5.74, 6) is -2.52. The second kappa shape index (κ2) is 7.31. The molecular formula is C15H18ClN3O4S. The molecule has 0 saturated heterocycles. The minimum absolute atomic E-state index is 0.00603. The fraction of sp³-hybridized carbons (Fsp3) is 0.400. The molecule has 0 aromatic heterocycles. The highest BCUT2D eigenvalue weighted by Gasteiger charge is 2.39. The lowest BCUT2D eigenvalue weighted by molar-refractivity contribution is -0.159. The molecule has 2 heterocycles. The Morgan fingerprint density at radius 1 is 1.38 bits per heavy atom. The molecular weight excluding hydrogens is 354 g/mol. The Balaban J connectivity index is 0.000000301. The topological polar surface area (TPSA) is 102 Å². The summed E-state index contributed by atoms with van der Waals surface area (Å²) < 4.78 is 0.00603. The molecule has 24 heavy (non-hydrogen) atoms. The van der Waals surface area contributed by atoms with Crippen LogP contribution >= 0.6 is 23.4 Å². The predicted molar refractivity (Wildman–Crippen MR) is 94.6 cm³/mol. The largest absolute Gasteiger partial charge is 0.473 e. The molecule has 0 aliphatic carbocycles. The molecule has 1 aromatic carbocycles. The predicted octanol–water partition coefficient (Wildman–Crippen LogP) is 1.80. The molecule has 9 heteroatoms. The van der Waals surface area contributed by atoms with Gasteiger partial charge in [0.05, 0.1) is 17.0 Å². The SMILES string of the molecule is CN1CC(C)(C2=NCCN2)Sc2ccc(Cl)cc21.O=C(O)C(=O)O. The van der Waals surface area contributed by atoms with Gasteiger partial charge in [0.25, 0.3) is 0 Å². The summed E-state index contributed by atoms with van der Waals surface area (Å²) in [7, 11) is 2.11. The van der Waals surface area contributed by atoms with Crippen molar-refractivity contribution in [2.45, 2.75) is 16.6 Å². The van der Waals surface area contributed by atoms with Gasteiger partial charge in [-0.3, -0.25) is 4.99 Å². The van der Waals surface area contributed by atoms with E-state index in [2.05, 4.69) is 35.2 Å². The molecule has 0 spiro atoms. The molecule has 0 amide bonds. The molecule has 0 saturated carbocycles. The first kappa shape index (κ1) is 18.4. The normalized spacial score (nSPS) is 21.8. The number of carbonyl (C=O) groups is 2. The first-order valence-electron chi connectivity index (χ1n) is 7.17. The highest BCUT2D eigenvalue weighted by atomic mass is 35.5. The van der Waals surface area contributed by atoms with E-state index < -0.39 is 11.9 Å². The van der Waals surface area contributed by atoms with Crippen LogP contribution in [0.3, 0.4) is 0 Å². The van der Waals surface area contributed by atoms with Crippen LogP contribution in [0.25, 0.3) is 0 Å². The van der Waals surface area contributed by atoms with Gasteiger partial charge in [-0.1, -0.05) is 11.6 Å². The number of benzene rings is 1. The van der Waals surface area contributed by atoms with Crippen molar-refractivity contribution in [3.63, 3.8) is 0 Å². The highest BCUT2D eigenvalue weighted by Crippen LogP contribution is 2.45. The van der Waals surface area contributed by atoms with Gasteiger partial charge in [-0.25, -0.2) is 9.59 Å². The van der Waals surface area contributed by atoms with Crippen LogP contribution in [0.5, 0.6) is 0 Å². The fourth-order valence-corrected chi connectivity index (χ4v) is 4.16. The maximum absolute atomic E-state index is 9.10. The summed E-state index contributed by atoms with van der Waals surface area (Å²) in [5.41, 5.74) is 1.21. The van der Waals surface area contributed by atoms with E-state index in [0.29, 0.717) is 0 Å². The Bertz CT molecular complexity index is 685. The number of nitrogens with zero attached hydrogens (tertiary/aromatic N) is 2. The van der Waals surface area contributed by atoms with Crippen LogP contribution in [-0.4, -0.2) is 59.4 Å². The molecule has 0 fully saturated rings. The molecule has 1 atom stereocenters. The van der Waals surface area contributed by atoms with Crippen molar-refractivity contribution in [3.05, 3.63) is 23.2 Å². The summed E-state index contributed by atoms with van der Waals surface area (Å²) in [4.78, 5) is 26.3. The quantitative estimate of drug-likeness (QED) is 0.647. The zero-order valence-electron chi connectivity index (χ0n) is 13.2. The van der Waals surface area contributed by atoms with Crippen LogP contribution in [0.15, 0.2) is 28.1 Å². The van der Waals surface area contributed by atoms with E-state index in [1.165, 1.54) is 10.6 Å². The summed E-state index contributed by atoms with van der Waals surface area (Å²) in [5, 5.41) is 19.0. The average Bonchev–Trinajstić information content (AvgIpc) is 3.04. The van der Waals surface area contributed by atoms with E-state index in [0.717, 1.165) is 30.5 Å². The van der Waals surface area contributed by atoms with E-state index in [1.54, 1.807) is 0 Å². The second-order valence-corrected chi connectivity index (χ2v) is 7.55. The molecule has 2 aliphatic rings. The van der Waals surface area contributed by atoms with Crippen LogP contribution in [0.1, 0.15) is 6.92 Å². The maximum Gasteiger partial charge on any atom is 0.414 e. The Hall–Kier alpha value is -1.93. The standard InChI is InChI=1S/C13H16ClN3S.C2H2O4/c1-13(12-15-5-6-16-12)8-17(2)10-7-9(14)3-4-11(10)18-13;3-1(4)2(5)6/h3-4,7H,5-6,8H2,1-2H3,(H,15,16);(H,3,4)(H,5,6). The van der Waals surface area contributed by atoms with Gasteiger partial charge in [0.15, 0.2) is 0 Å². The fourth-order valence-electron chi connectivity index (χ4n) is 2.56. The average molecular weight is 372 g/mol. The third-order valence-corrected chi connectivity index (χ3v) is 5.14. The van der Waals surface area contributed by atoms with Crippen LogP contribution < -0.4 is 10.2 Å². The van der Waals surface area contributed by atoms with Gasteiger partial charge in [0, 0.05) is 30.1 Å². The Morgan fingerprint density at radius 3 is 2.58 bits per heavy atom. The third kappa shape index (κ3) is 4.12. The highest BCUT2D eigenvalue weighted by molar-refractivity contribution is 8.01. The number of rotatable bonds is 1. The summed E-state index contributed by atoms with van der Waals surface area (Å²) in [6.45, 7) is 5.05. The van der Waals surface area contributed by atoms with Crippen LogP contribution in [0, 0.1) is 0 Å². The van der Waals surface area contributed by atoms with Gasteiger partial charge < -0.3 is 20.4 Å². The van der Waals surface area contributed by atoms with Gasteiger partial charge in [-0.05, 0) is 25.1 Å². The molecule has 0 bridgehead atoms. The number of nitrogens with one attached hydrogen (secondary N) is 1. The number of aliphatic carboxylic acids is 2. The summed E-state index contributed by atoms with van der Waals surface area (Å²) in [6, 6.07) is 6.09. The number of amidine groups is 1. The van der Waals surface area contributed by atoms with Crippen LogP contribution in [-0.2, 0) is 9.59 Å². The van der Waals surface area contributed by atoms with Crippen LogP contribution in [0.4, 0.5) is 5.69 Å². The Kier molecular flexibility index (Phi) is 5.61. The Morgan fingerprint density at radius 2 is 2.04 bits per heavy atom. The van der Waals surface area contributed by atoms with E-state index in [9.17, 15) is 0 Å². The van der Waals surface area contributed by atoms with Gasteiger partial charge in [0.2, 0.25) is 0 Å². The number of thioether (sulfide) groups is 1. The lowest BCUT2D eigenvalue weighted by Gasteiger charge is -2.40. The zero-order valence-corrected chi connectivity index (χ0v) is 14.8. The third-order valence-electron chi connectivity index (χ3n) is 3.56. The number of hydrogen-bond acceptors (Lipinski definition) is 6. The lowest BCUT2D eigenvalue weighted by Crippen LogP contribution is -2.49. The molecule has 3 rings (SSSR count). The molecule has 1 unspecified atom stereocenters. The first-order valence-corrected chi connectivity index (χ1v) is 8.37. The Labute approximate surface area is 148 Å². The molecule has 130 valence electrons. The number of halogens is 1. The maximum atomic E-state index is 9.10. The van der Waals surface area contributed by atoms with E-state index in [4.69, 9.17) is 31.4 Å². The molecule has 7 nitrogen and oxygen atoms in total. The van der Waals surface area contributed by atoms with Gasteiger partial charge in [-0.15, -0.1) is 11.8 Å². The number of carboxylic acids is 2. The summed E-state index contributed by atoms with van der Waals surface area (Å²) in [6.07, 6.45) is 0. The van der Waals surface area contributed by atoms with Crippen molar-refractivity contribution in [1.29, 1.82) is 0 Å². The van der Waals surface area contributed by atoms with E-state index >= 15 is 0 Å². The van der Waals surface area contributed by atoms with E-state index in [1.807, 2.05) is 23.9 Å². The molecule has 3 N–H and O–H groups in total. The van der Waals surface area contributed by atoms with Crippen molar-refractivity contribution in [2.75, 3.05) is 31.6 Å². The van der Waals surface area contributed by atoms with Crippen molar-refractivity contribution >= 4 is 46.8 Å². The second-order valence-electron chi connectivity index (χ2n) is 5.57. The monoisotopic (exact) mass is 371 g/mol. The van der Waals surface area contributed by atoms with Crippen molar-refractivity contribution in [2.24, 2.45) is 4.99 Å². The minimum Gasteiger partial charge on any atom is -0.473 e. The van der Waals surface area contributed by atoms with Gasteiger partial charge >= 0.3 is 11.9 Å². The van der Waals surface area contributed by atoms with Crippen molar-refractivity contribution in [3.8, 4) is 0 Å². The minimum atomic E-state index is -1.82. The molecule has 0 radical (unpaired) electrons. The van der Waals surface area contributed by atoms with Crippen molar-refractivity contribution in [1.82, 2.24) is 5.32 Å². The van der Waals surface area contributed by atoms with Crippen LogP contribution in [0.2, 0.25) is 5.02 Å². The number of fused-ring (bicyclic) bond motifs is 1.